The molecule has 2 aromatic rings. The van der Waals surface area contributed by atoms with E-state index >= 15 is 0 Å². The van der Waals surface area contributed by atoms with E-state index in [2.05, 4.69) is 4.98 Å². The molecular weight excluding hydrogens is 412 g/mol. The fourth-order valence-corrected chi connectivity index (χ4v) is 2.99. The van der Waals surface area contributed by atoms with Crippen LogP contribution >= 0.6 is 0 Å². The Balaban J connectivity index is 2.39. The summed E-state index contributed by atoms with van der Waals surface area (Å²) in [6, 6.07) is 7.01. The number of benzene rings is 1. The number of hydrogen-bond donors (Lipinski definition) is 2. The molecule has 0 aliphatic rings. The average molecular weight is 447 g/mol. The van der Waals surface area contributed by atoms with Crippen LogP contribution in [0.1, 0.15) is 41.5 Å². The van der Waals surface area contributed by atoms with Crippen molar-refractivity contribution in [3.63, 3.8) is 0 Å². The van der Waals surface area contributed by atoms with Gasteiger partial charge in [0.1, 0.15) is 11.2 Å². The van der Waals surface area contributed by atoms with Crippen molar-refractivity contribution in [3.8, 4) is 0 Å². The van der Waals surface area contributed by atoms with Gasteiger partial charge in [-0.3, -0.25) is 9.88 Å². The first-order valence-corrected chi connectivity index (χ1v) is 10.5. The topological polar surface area (TPSA) is 118 Å². The van der Waals surface area contributed by atoms with Crippen LogP contribution in [0.25, 0.3) is 10.9 Å². The maximum Gasteiger partial charge on any atom is 0.414 e. The molecule has 9 nitrogen and oxygen atoms in total. The first-order chi connectivity index (χ1) is 14.8. The lowest BCUT2D eigenvalue weighted by Crippen LogP contribution is -2.45. The van der Waals surface area contributed by atoms with Gasteiger partial charge in [0.05, 0.1) is 17.8 Å². The Labute approximate surface area is 189 Å². The number of fused-ring (bicyclic) bond motifs is 1. The number of nitrogen functional groups attached to an aromatic ring is 1. The van der Waals surface area contributed by atoms with Gasteiger partial charge in [0.15, 0.2) is 0 Å². The fourth-order valence-electron chi connectivity index (χ4n) is 2.99. The standard InChI is InChI=1S/C23H34N4O5/c1-22(2,3)31-20(29)26(14-15-28)12-13-27(21(30)32-23(4,5)6)18-10-9-17(24)16-8-7-11-25-19(16)18/h7-11,28H,12-15,24H2,1-6H3. The maximum atomic E-state index is 13.1. The normalized spacial score (nSPS) is 11.8. The molecule has 2 rings (SSSR count). The molecule has 0 bridgehead atoms. The summed E-state index contributed by atoms with van der Waals surface area (Å²) in [6.07, 6.45) is 0.468. The molecular formula is C23H34N4O5. The third-order valence-corrected chi connectivity index (χ3v) is 4.30. The molecule has 0 radical (unpaired) electrons. The number of rotatable bonds is 6. The van der Waals surface area contributed by atoms with Gasteiger partial charge in [-0.15, -0.1) is 0 Å². The number of nitrogens with zero attached hydrogens (tertiary/aromatic N) is 3. The molecule has 176 valence electrons. The second-order valence-corrected chi connectivity index (χ2v) is 9.40. The highest BCUT2D eigenvalue weighted by Gasteiger charge is 2.28. The SMILES string of the molecule is CC(C)(C)OC(=O)N(CCO)CCN(C(=O)OC(C)(C)C)c1ccc(N)c2cccnc12. The van der Waals surface area contributed by atoms with Gasteiger partial charge < -0.3 is 25.2 Å². The molecule has 0 saturated heterocycles. The van der Waals surface area contributed by atoms with Gasteiger partial charge in [-0.25, -0.2) is 9.59 Å². The molecule has 0 aliphatic heterocycles. The predicted octanol–water partition coefficient (Wildman–Crippen LogP) is 3.79. The van der Waals surface area contributed by atoms with E-state index in [0.717, 1.165) is 0 Å². The van der Waals surface area contributed by atoms with E-state index in [1.165, 1.54) is 9.80 Å². The fraction of sp³-hybridized carbons (Fsp3) is 0.522. The summed E-state index contributed by atoms with van der Waals surface area (Å²) in [7, 11) is 0. The number of aliphatic hydroxyl groups is 1. The van der Waals surface area contributed by atoms with Crippen LogP contribution in [0.15, 0.2) is 30.5 Å². The number of amides is 2. The van der Waals surface area contributed by atoms with Crippen LogP contribution < -0.4 is 10.6 Å². The van der Waals surface area contributed by atoms with Gasteiger partial charge in [-0.05, 0) is 65.8 Å². The van der Waals surface area contributed by atoms with Crippen LogP contribution in [0.2, 0.25) is 0 Å². The Bertz CT molecular complexity index is 950. The van der Waals surface area contributed by atoms with E-state index in [-0.39, 0.29) is 26.2 Å². The minimum absolute atomic E-state index is 0.0673. The van der Waals surface area contributed by atoms with Gasteiger partial charge >= 0.3 is 12.2 Å². The van der Waals surface area contributed by atoms with Crippen molar-refractivity contribution in [1.29, 1.82) is 0 Å². The Hall–Kier alpha value is -3.07. The molecule has 0 unspecified atom stereocenters. The van der Waals surface area contributed by atoms with Crippen LogP contribution in [0.3, 0.4) is 0 Å². The van der Waals surface area contributed by atoms with E-state index in [4.69, 9.17) is 15.2 Å². The zero-order valence-electron chi connectivity index (χ0n) is 19.7. The highest BCUT2D eigenvalue weighted by molar-refractivity contribution is 6.03. The molecule has 0 aliphatic carbocycles. The highest BCUT2D eigenvalue weighted by atomic mass is 16.6. The summed E-state index contributed by atoms with van der Waals surface area (Å²) >= 11 is 0. The van der Waals surface area contributed by atoms with E-state index in [0.29, 0.717) is 22.3 Å². The minimum Gasteiger partial charge on any atom is -0.444 e. The molecule has 0 atom stereocenters. The number of hydrogen-bond acceptors (Lipinski definition) is 7. The lowest BCUT2D eigenvalue weighted by atomic mass is 10.1. The van der Waals surface area contributed by atoms with E-state index < -0.39 is 23.4 Å². The number of aromatic nitrogens is 1. The first kappa shape index (κ1) is 25.2. The van der Waals surface area contributed by atoms with Crippen LogP contribution in [0.5, 0.6) is 0 Å². The first-order valence-electron chi connectivity index (χ1n) is 10.5. The number of pyridine rings is 1. The summed E-state index contributed by atoms with van der Waals surface area (Å²) in [5.41, 5.74) is 6.28. The Morgan fingerprint density at radius 1 is 0.969 bits per heavy atom. The largest absolute Gasteiger partial charge is 0.444 e. The summed E-state index contributed by atoms with van der Waals surface area (Å²) in [5, 5.41) is 10.1. The molecule has 2 amide bonds. The summed E-state index contributed by atoms with van der Waals surface area (Å²) in [4.78, 5) is 32.9. The Morgan fingerprint density at radius 2 is 1.59 bits per heavy atom. The molecule has 1 aromatic carbocycles. The number of nitrogens with two attached hydrogens (primary N) is 1. The number of carbonyl (C=O) groups excluding carboxylic acids is 2. The smallest absolute Gasteiger partial charge is 0.414 e. The third-order valence-electron chi connectivity index (χ3n) is 4.30. The molecule has 3 N–H and O–H groups in total. The Kier molecular flexibility index (Phi) is 7.90. The van der Waals surface area contributed by atoms with Crippen LogP contribution in [0, 0.1) is 0 Å². The van der Waals surface area contributed by atoms with Gasteiger partial charge in [-0.1, -0.05) is 0 Å². The quantitative estimate of drug-likeness (QED) is 0.648. The lowest BCUT2D eigenvalue weighted by molar-refractivity contribution is 0.0218. The number of anilines is 2. The van der Waals surface area contributed by atoms with Crippen LogP contribution in [-0.2, 0) is 9.47 Å². The van der Waals surface area contributed by atoms with E-state index in [1.807, 2.05) is 6.07 Å². The van der Waals surface area contributed by atoms with Gasteiger partial charge in [0, 0.05) is 36.9 Å². The van der Waals surface area contributed by atoms with Crippen molar-refractivity contribution in [3.05, 3.63) is 30.5 Å². The van der Waals surface area contributed by atoms with Crippen molar-refractivity contribution < 1.29 is 24.2 Å². The molecule has 0 spiro atoms. The van der Waals surface area contributed by atoms with Crippen molar-refractivity contribution in [1.82, 2.24) is 9.88 Å². The lowest BCUT2D eigenvalue weighted by Gasteiger charge is -2.31. The third kappa shape index (κ3) is 6.98. The van der Waals surface area contributed by atoms with Gasteiger partial charge in [0.2, 0.25) is 0 Å². The number of ether oxygens (including phenoxy) is 2. The van der Waals surface area contributed by atoms with Crippen LogP contribution in [-0.4, -0.2) is 64.6 Å². The van der Waals surface area contributed by atoms with Gasteiger partial charge in [0.25, 0.3) is 0 Å². The number of carbonyl (C=O) groups is 2. The van der Waals surface area contributed by atoms with E-state index in [1.54, 1.807) is 65.9 Å². The molecule has 1 heterocycles. The monoisotopic (exact) mass is 446 g/mol. The average Bonchev–Trinajstić information content (AvgIpc) is 2.66. The van der Waals surface area contributed by atoms with Crippen molar-refractivity contribution in [2.45, 2.75) is 52.7 Å². The molecule has 0 saturated carbocycles. The minimum atomic E-state index is -0.720. The second kappa shape index (κ2) is 10.0. The molecule has 9 heteroatoms. The van der Waals surface area contributed by atoms with Crippen LogP contribution in [0.4, 0.5) is 21.0 Å². The Morgan fingerprint density at radius 3 is 2.19 bits per heavy atom. The predicted molar refractivity (Wildman–Crippen MR) is 125 cm³/mol. The zero-order chi connectivity index (χ0) is 24.1. The molecule has 0 fully saturated rings. The molecule has 32 heavy (non-hydrogen) atoms. The highest BCUT2D eigenvalue weighted by Crippen LogP contribution is 2.30. The van der Waals surface area contributed by atoms with Crippen molar-refractivity contribution in [2.24, 2.45) is 0 Å². The summed E-state index contributed by atoms with van der Waals surface area (Å²) in [5.74, 6) is 0. The van der Waals surface area contributed by atoms with Crippen molar-refractivity contribution in [2.75, 3.05) is 36.9 Å². The summed E-state index contributed by atoms with van der Waals surface area (Å²) < 4.78 is 11.0. The second-order valence-electron chi connectivity index (χ2n) is 9.40. The number of aliphatic hydroxyl groups excluding tert-OH is 1. The zero-order valence-corrected chi connectivity index (χ0v) is 19.7. The van der Waals surface area contributed by atoms with E-state index in [9.17, 15) is 14.7 Å². The maximum absolute atomic E-state index is 13.1. The summed E-state index contributed by atoms with van der Waals surface area (Å²) in [6.45, 7) is 10.7. The van der Waals surface area contributed by atoms with Crippen molar-refractivity contribution >= 4 is 34.5 Å². The molecule has 1 aromatic heterocycles. The van der Waals surface area contributed by atoms with Gasteiger partial charge in [-0.2, -0.15) is 0 Å².